The van der Waals surface area contributed by atoms with Crippen molar-refractivity contribution < 1.29 is 4.74 Å². The van der Waals surface area contributed by atoms with Gasteiger partial charge in [0.1, 0.15) is 5.75 Å². The third kappa shape index (κ3) is 4.50. The van der Waals surface area contributed by atoms with E-state index in [4.69, 9.17) is 4.74 Å². The topological polar surface area (TPSA) is 24.5 Å². The number of nitrogens with zero attached hydrogens (tertiary/aromatic N) is 1. The average molecular weight is 278 g/mol. The molecule has 1 aromatic rings. The van der Waals surface area contributed by atoms with Crippen molar-refractivity contribution in [3.63, 3.8) is 0 Å². The zero-order chi connectivity index (χ0) is 15.0. The van der Waals surface area contributed by atoms with Gasteiger partial charge in [-0.25, -0.2) is 0 Å². The Hall–Kier alpha value is -1.06. The highest BCUT2D eigenvalue weighted by Gasteiger charge is 2.22. The number of benzene rings is 1. The first-order valence-electron chi connectivity index (χ1n) is 7.79. The second-order valence-corrected chi connectivity index (χ2v) is 5.17. The molecule has 3 heteroatoms. The molecular weight excluding hydrogens is 248 g/mol. The zero-order valence-corrected chi connectivity index (χ0v) is 13.6. The molecule has 1 rings (SSSR count). The maximum atomic E-state index is 5.25. The van der Waals surface area contributed by atoms with E-state index in [1.807, 2.05) is 12.1 Å². The molecule has 0 heterocycles. The van der Waals surface area contributed by atoms with Gasteiger partial charge in [0, 0.05) is 12.1 Å². The molecule has 20 heavy (non-hydrogen) atoms. The highest BCUT2D eigenvalue weighted by Crippen LogP contribution is 2.23. The van der Waals surface area contributed by atoms with Crippen LogP contribution in [0.4, 0.5) is 0 Å². The van der Waals surface area contributed by atoms with Crippen molar-refractivity contribution in [3.8, 4) is 5.75 Å². The van der Waals surface area contributed by atoms with Gasteiger partial charge in [-0.15, -0.1) is 0 Å². The summed E-state index contributed by atoms with van der Waals surface area (Å²) in [5.41, 5.74) is 1.33. The summed E-state index contributed by atoms with van der Waals surface area (Å²) in [6, 6.07) is 9.28. The summed E-state index contributed by atoms with van der Waals surface area (Å²) in [7, 11) is 1.71. The Morgan fingerprint density at radius 3 is 2.15 bits per heavy atom. The smallest absolute Gasteiger partial charge is 0.118 e. The first-order chi connectivity index (χ1) is 9.67. The average Bonchev–Trinajstić information content (AvgIpc) is 2.49. The second kappa shape index (κ2) is 8.98. The number of nitrogens with one attached hydrogen (secondary N) is 1. The Bertz CT molecular complexity index is 360. The van der Waals surface area contributed by atoms with Gasteiger partial charge in [-0.05, 0) is 50.7 Å². The van der Waals surface area contributed by atoms with Crippen LogP contribution in [-0.4, -0.2) is 37.7 Å². The van der Waals surface area contributed by atoms with Crippen LogP contribution in [0.25, 0.3) is 0 Å². The molecule has 0 saturated carbocycles. The first-order valence-corrected chi connectivity index (χ1v) is 7.79. The van der Waals surface area contributed by atoms with Crippen LogP contribution < -0.4 is 10.1 Å². The minimum absolute atomic E-state index is 0.362. The van der Waals surface area contributed by atoms with Gasteiger partial charge >= 0.3 is 0 Å². The van der Waals surface area contributed by atoms with Crippen LogP contribution in [0.2, 0.25) is 0 Å². The second-order valence-electron chi connectivity index (χ2n) is 5.17. The highest BCUT2D eigenvalue weighted by molar-refractivity contribution is 5.29. The van der Waals surface area contributed by atoms with Crippen LogP contribution in [0.1, 0.15) is 45.7 Å². The molecule has 0 aliphatic heterocycles. The molecule has 2 unspecified atom stereocenters. The molecule has 0 saturated heterocycles. The van der Waals surface area contributed by atoms with Crippen molar-refractivity contribution in [2.45, 2.75) is 46.2 Å². The first kappa shape index (κ1) is 17.0. The van der Waals surface area contributed by atoms with E-state index in [9.17, 15) is 0 Å². The van der Waals surface area contributed by atoms with Gasteiger partial charge in [-0.2, -0.15) is 0 Å². The molecule has 0 aliphatic carbocycles. The molecule has 0 bridgehead atoms. The number of ether oxygens (including phenoxy) is 1. The van der Waals surface area contributed by atoms with E-state index in [0.29, 0.717) is 12.1 Å². The lowest BCUT2D eigenvalue weighted by Gasteiger charge is -2.34. The molecule has 1 aromatic carbocycles. The lowest BCUT2D eigenvalue weighted by Crippen LogP contribution is -2.43. The van der Waals surface area contributed by atoms with Crippen molar-refractivity contribution in [3.05, 3.63) is 29.8 Å². The van der Waals surface area contributed by atoms with E-state index in [1.54, 1.807) is 7.11 Å². The van der Waals surface area contributed by atoms with E-state index < -0.39 is 0 Å². The maximum absolute atomic E-state index is 5.25. The molecule has 0 aromatic heterocycles. The van der Waals surface area contributed by atoms with E-state index in [0.717, 1.165) is 31.8 Å². The summed E-state index contributed by atoms with van der Waals surface area (Å²) in [6.07, 6.45) is 1.15. The molecule has 0 aliphatic rings. The van der Waals surface area contributed by atoms with Gasteiger partial charge in [0.25, 0.3) is 0 Å². The Morgan fingerprint density at radius 2 is 1.70 bits per heavy atom. The van der Waals surface area contributed by atoms with Crippen LogP contribution in [0.5, 0.6) is 5.75 Å². The lowest BCUT2D eigenvalue weighted by molar-refractivity contribution is 0.186. The predicted molar refractivity (Wildman–Crippen MR) is 86.4 cm³/mol. The molecule has 0 radical (unpaired) electrons. The van der Waals surface area contributed by atoms with Crippen molar-refractivity contribution >= 4 is 0 Å². The van der Waals surface area contributed by atoms with Gasteiger partial charge in [0.05, 0.1) is 7.11 Å². The Labute approximate surface area is 124 Å². The minimum atomic E-state index is 0.362. The fourth-order valence-corrected chi connectivity index (χ4v) is 2.69. The standard InChI is InChI=1S/C17H30N2O/c1-6-13-18-17(14(4)19(7-2)8-3)15-9-11-16(20-5)12-10-15/h9-12,14,17-18H,6-8,13H2,1-5H3. The number of likely N-dealkylation sites (N-methyl/N-ethyl adjacent to an activating group) is 1. The van der Waals surface area contributed by atoms with Crippen LogP contribution >= 0.6 is 0 Å². The summed E-state index contributed by atoms with van der Waals surface area (Å²) < 4.78 is 5.25. The van der Waals surface area contributed by atoms with Crippen molar-refractivity contribution in [1.82, 2.24) is 10.2 Å². The quantitative estimate of drug-likeness (QED) is 0.748. The molecule has 0 spiro atoms. The fraction of sp³-hybridized carbons (Fsp3) is 0.647. The summed E-state index contributed by atoms with van der Waals surface area (Å²) in [6.45, 7) is 12.2. The van der Waals surface area contributed by atoms with Crippen LogP contribution in [0.15, 0.2) is 24.3 Å². The third-order valence-corrected chi connectivity index (χ3v) is 3.96. The Balaban J connectivity index is 2.91. The van der Waals surface area contributed by atoms with Crippen LogP contribution in [0.3, 0.4) is 0 Å². The summed E-state index contributed by atoms with van der Waals surface area (Å²) >= 11 is 0. The molecule has 0 amide bonds. The molecule has 0 fully saturated rings. The van der Waals surface area contributed by atoms with E-state index in [1.165, 1.54) is 5.56 Å². The Kier molecular flexibility index (Phi) is 7.63. The van der Waals surface area contributed by atoms with Gasteiger partial charge in [0.15, 0.2) is 0 Å². The van der Waals surface area contributed by atoms with Gasteiger partial charge in [0.2, 0.25) is 0 Å². The Morgan fingerprint density at radius 1 is 1.10 bits per heavy atom. The van der Waals surface area contributed by atoms with Crippen molar-refractivity contribution in [2.24, 2.45) is 0 Å². The van der Waals surface area contributed by atoms with Crippen molar-refractivity contribution in [1.29, 1.82) is 0 Å². The van der Waals surface area contributed by atoms with Crippen molar-refractivity contribution in [2.75, 3.05) is 26.7 Å². The predicted octanol–water partition coefficient (Wildman–Crippen LogP) is 3.47. The molecule has 2 atom stereocenters. The van der Waals surface area contributed by atoms with E-state index in [-0.39, 0.29) is 0 Å². The molecule has 3 nitrogen and oxygen atoms in total. The fourth-order valence-electron chi connectivity index (χ4n) is 2.69. The number of hydrogen-bond acceptors (Lipinski definition) is 3. The minimum Gasteiger partial charge on any atom is -0.497 e. The third-order valence-electron chi connectivity index (χ3n) is 3.96. The maximum Gasteiger partial charge on any atom is 0.118 e. The largest absolute Gasteiger partial charge is 0.497 e. The van der Waals surface area contributed by atoms with E-state index >= 15 is 0 Å². The summed E-state index contributed by atoms with van der Waals surface area (Å²) in [4.78, 5) is 2.50. The van der Waals surface area contributed by atoms with Gasteiger partial charge in [-0.3, -0.25) is 4.90 Å². The summed E-state index contributed by atoms with van der Waals surface area (Å²) in [5, 5.41) is 3.69. The monoisotopic (exact) mass is 278 g/mol. The molecule has 1 N–H and O–H groups in total. The lowest BCUT2D eigenvalue weighted by atomic mass is 9.98. The molecule has 114 valence electrons. The molecular formula is C17H30N2O. The normalized spacial score (nSPS) is 14.3. The SMILES string of the molecule is CCCNC(c1ccc(OC)cc1)C(C)N(CC)CC. The number of hydrogen-bond donors (Lipinski definition) is 1. The van der Waals surface area contributed by atoms with Gasteiger partial charge < -0.3 is 10.1 Å². The van der Waals surface area contributed by atoms with Crippen LogP contribution in [-0.2, 0) is 0 Å². The van der Waals surface area contributed by atoms with E-state index in [2.05, 4.69) is 50.0 Å². The summed E-state index contributed by atoms with van der Waals surface area (Å²) in [5.74, 6) is 0.915. The van der Waals surface area contributed by atoms with Gasteiger partial charge in [-0.1, -0.05) is 32.9 Å². The van der Waals surface area contributed by atoms with Crippen LogP contribution in [0, 0.1) is 0 Å². The number of methoxy groups -OCH3 is 1. The highest BCUT2D eigenvalue weighted by atomic mass is 16.5. The number of rotatable bonds is 9. The zero-order valence-electron chi connectivity index (χ0n) is 13.6.